The Morgan fingerprint density at radius 2 is 2.04 bits per heavy atom. The van der Waals surface area contributed by atoms with Crippen LogP contribution in [0.15, 0.2) is 52.2 Å². The van der Waals surface area contributed by atoms with Crippen LogP contribution in [0.5, 0.6) is 0 Å². The molecule has 2 atom stereocenters. The Morgan fingerprint density at radius 3 is 2.74 bits per heavy atom. The van der Waals surface area contributed by atoms with E-state index in [1.54, 1.807) is 11.3 Å². The average Bonchev–Trinajstić information content (AvgIpc) is 3.33. The molecule has 0 N–H and O–H groups in total. The Kier molecular flexibility index (Phi) is 5.12. The summed E-state index contributed by atoms with van der Waals surface area (Å²) < 4.78 is 5.63. The lowest BCUT2D eigenvalue weighted by Crippen LogP contribution is -2.44. The van der Waals surface area contributed by atoms with Crippen LogP contribution in [-0.4, -0.2) is 40.7 Å². The van der Waals surface area contributed by atoms with Gasteiger partial charge in [-0.05, 0) is 50.9 Å². The zero-order chi connectivity index (χ0) is 18.8. The number of rotatable bonds is 4. The zero-order valence-electron chi connectivity index (χ0n) is 16.1. The van der Waals surface area contributed by atoms with Gasteiger partial charge in [0, 0.05) is 12.5 Å². The standard InChI is InChI=1S/C22H27N3O2/c1-16-8-10-18(11-9-16)19-14-20(21-7-5-13-27-21)25(23-19)22(26)15-24-12-4-3-6-17(24)2/h5,7-11,13,17,20H,3-4,6,12,14-15H2,1-2H3/t17-,20-/m0/s1. The van der Waals surface area contributed by atoms with Gasteiger partial charge in [-0.25, -0.2) is 5.01 Å². The second-order valence-electron chi connectivity index (χ2n) is 7.70. The first-order chi connectivity index (χ1) is 13.1. The molecular formula is C22H27N3O2. The third-order valence-electron chi connectivity index (χ3n) is 5.70. The molecular weight excluding hydrogens is 338 g/mol. The van der Waals surface area contributed by atoms with E-state index < -0.39 is 0 Å². The minimum atomic E-state index is -0.163. The molecule has 1 fully saturated rings. The summed E-state index contributed by atoms with van der Waals surface area (Å²) in [5.74, 6) is 0.841. The molecule has 5 heteroatoms. The monoisotopic (exact) mass is 365 g/mol. The quantitative estimate of drug-likeness (QED) is 0.818. The molecule has 2 aliphatic heterocycles. The van der Waals surface area contributed by atoms with Gasteiger partial charge in [0.15, 0.2) is 0 Å². The first-order valence-corrected chi connectivity index (χ1v) is 9.86. The predicted molar refractivity (Wildman–Crippen MR) is 106 cm³/mol. The predicted octanol–water partition coefficient (Wildman–Crippen LogP) is 4.14. The maximum Gasteiger partial charge on any atom is 0.257 e. The number of aryl methyl sites for hydroxylation is 1. The number of hydrogen-bond acceptors (Lipinski definition) is 4. The summed E-state index contributed by atoms with van der Waals surface area (Å²) in [4.78, 5) is 15.4. The molecule has 1 amide bonds. The minimum Gasteiger partial charge on any atom is -0.467 e. The summed E-state index contributed by atoms with van der Waals surface area (Å²) >= 11 is 0. The topological polar surface area (TPSA) is 49.1 Å². The summed E-state index contributed by atoms with van der Waals surface area (Å²) in [6.07, 6.45) is 5.91. The normalized spacial score (nSPS) is 23.5. The van der Waals surface area contributed by atoms with E-state index in [2.05, 4.69) is 43.0 Å². The largest absolute Gasteiger partial charge is 0.467 e. The van der Waals surface area contributed by atoms with Crippen LogP contribution in [0.2, 0.25) is 0 Å². The van der Waals surface area contributed by atoms with Crippen LogP contribution in [0.4, 0.5) is 0 Å². The lowest BCUT2D eigenvalue weighted by molar-refractivity contribution is -0.135. The van der Waals surface area contributed by atoms with Crippen molar-refractivity contribution in [3.63, 3.8) is 0 Å². The van der Waals surface area contributed by atoms with Gasteiger partial charge in [-0.1, -0.05) is 36.2 Å². The van der Waals surface area contributed by atoms with Crippen molar-refractivity contribution in [2.24, 2.45) is 5.10 Å². The minimum absolute atomic E-state index is 0.0484. The summed E-state index contributed by atoms with van der Waals surface area (Å²) in [6, 6.07) is 12.4. The number of carbonyl (C=O) groups is 1. The van der Waals surface area contributed by atoms with E-state index in [0.29, 0.717) is 19.0 Å². The highest BCUT2D eigenvalue weighted by Crippen LogP contribution is 2.33. The number of piperidine rings is 1. The molecule has 2 aliphatic rings. The molecule has 0 unspecified atom stereocenters. The van der Waals surface area contributed by atoms with Crippen molar-refractivity contribution in [2.75, 3.05) is 13.1 Å². The molecule has 4 rings (SSSR count). The SMILES string of the molecule is Cc1ccc(C2=NN(C(=O)CN3CCCC[C@@H]3C)[C@H](c3ccco3)C2)cc1. The molecule has 2 aromatic rings. The smallest absolute Gasteiger partial charge is 0.257 e. The number of furan rings is 1. The van der Waals surface area contributed by atoms with Gasteiger partial charge in [0.1, 0.15) is 11.8 Å². The Balaban J connectivity index is 1.57. The van der Waals surface area contributed by atoms with Gasteiger partial charge in [0.25, 0.3) is 5.91 Å². The Bertz CT molecular complexity index is 811. The summed E-state index contributed by atoms with van der Waals surface area (Å²) in [7, 11) is 0. The van der Waals surface area contributed by atoms with Crippen molar-refractivity contribution in [3.8, 4) is 0 Å². The van der Waals surface area contributed by atoms with Crippen LogP contribution in [0.1, 0.15) is 55.5 Å². The van der Waals surface area contributed by atoms with Crippen LogP contribution in [0.25, 0.3) is 0 Å². The molecule has 0 saturated carbocycles. The molecule has 142 valence electrons. The highest BCUT2D eigenvalue weighted by Gasteiger charge is 2.36. The second-order valence-corrected chi connectivity index (χ2v) is 7.70. The lowest BCUT2D eigenvalue weighted by atomic mass is 10.0. The van der Waals surface area contributed by atoms with E-state index >= 15 is 0 Å². The van der Waals surface area contributed by atoms with Crippen LogP contribution in [0.3, 0.4) is 0 Å². The number of amides is 1. The molecule has 0 aliphatic carbocycles. The fraction of sp³-hybridized carbons (Fsp3) is 0.455. The molecule has 1 aromatic carbocycles. The van der Waals surface area contributed by atoms with E-state index in [1.807, 2.05) is 12.1 Å². The van der Waals surface area contributed by atoms with Crippen molar-refractivity contribution in [1.29, 1.82) is 0 Å². The summed E-state index contributed by atoms with van der Waals surface area (Å²) in [6.45, 7) is 5.69. The van der Waals surface area contributed by atoms with Crippen molar-refractivity contribution in [3.05, 3.63) is 59.5 Å². The fourth-order valence-corrected chi connectivity index (χ4v) is 4.00. The third kappa shape index (κ3) is 3.83. The maximum atomic E-state index is 13.1. The van der Waals surface area contributed by atoms with Gasteiger partial charge in [-0.2, -0.15) is 5.10 Å². The van der Waals surface area contributed by atoms with E-state index in [-0.39, 0.29) is 11.9 Å². The van der Waals surface area contributed by atoms with E-state index in [9.17, 15) is 4.79 Å². The number of likely N-dealkylation sites (tertiary alicyclic amines) is 1. The highest BCUT2D eigenvalue weighted by atomic mass is 16.3. The molecule has 0 spiro atoms. The van der Waals surface area contributed by atoms with Gasteiger partial charge in [-0.15, -0.1) is 0 Å². The first kappa shape index (κ1) is 18.0. The number of hydrazone groups is 1. The molecule has 0 radical (unpaired) electrons. The van der Waals surface area contributed by atoms with E-state index in [4.69, 9.17) is 9.52 Å². The van der Waals surface area contributed by atoms with Crippen molar-refractivity contribution in [2.45, 2.75) is 51.6 Å². The van der Waals surface area contributed by atoms with Crippen LogP contribution < -0.4 is 0 Å². The first-order valence-electron chi connectivity index (χ1n) is 9.86. The van der Waals surface area contributed by atoms with Crippen LogP contribution >= 0.6 is 0 Å². The van der Waals surface area contributed by atoms with E-state index in [1.165, 1.54) is 12.0 Å². The number of carbonyl (C=O) groups excluding carboxylic acids is 1. The number of benzene rings is 1. The molecule has 1 aromatic heterocycles. The molecule has 27 heavy (non-hydrogen) atoms. The third-order valence-corrected chi connectivity index (χ3v) is 5.70. The molecule has 5 nitrogen and oxygen atoms in total. The van der Waals surface area contributed by atoms with E-state index in [0.717, 1.165) is 36.4 Å². The van der Waals surface area contributed by atoms with Crippen LogP contribution in [-0.2, 0) is 4.79 Å². The van der Waals surface area contributed by atoms with Crippen LogP contribution in [0, 0.1) is 6.92 Å². The number of nitrogens with zero attached hydrogens (tertiary/aromatic N) is 3. The van der Waals surface area contributed by atoms with Gasteiger partial charge < -0.3 is 4.42 Å². The Morgan fingerprint density at radius 1 is 1.22 bits per heavy atom. The Labute approximate surface area is 160 Å². The maximum absolute atomic E-state index is 13.1. The molecule has 1 saturated heterocycles. The second kappa shape index (κ2) is 7.69. The highest BCUT2D eigenvalue weighted by molar-refractivity contribution is 6.03. The Hall–Kier alpha value is -2.40. The van der Waals surface area contributed by atoms with Gasteiger partial charge in [0.2, 0.25) is 0 Å². The summed E-state index contributed by atoms with van der Waals surface area (Å²) in [5, 5.41) is 6.38. The molecule has 3 heterocycles. The average molecular weight is 365 g/mol. The van der Waals surface area contributed by atoms with Crippen molar-refractivity contribution < 1.29 is 9.21 Å². The van der Waals surface area contributed by atoms with Crippen molar-refractivity contribution >= 4 is 11.6 Å². The van der Waals surface area contributed by atoms with Gasteiger partial charge in [0.05, 0.1) is 18.5 Å². The fourth-order valence-electron chi connectivity index (χ4n) is 4.00. The lowest BCUT2D eigenvalue weighted by Gasteiger charge is -2.33. The zero-order valence-corrected chi connectivity index (χ0v) is 16.1. The van der Waals surface area contributed by atoms with Gasteiger partial charge >= 0.3 is 0 Å². The van der Waals surface area contributed by atoms with Crippen molar-refractivity contribution in [1.82, 2.24) is 9.91 Å². The van der Waals surface area contributed by atoms with Gasteiger partial charge in [-0.3, -0.25) is 9.69 Å². The molecule has 0 bridgehead atoms. The number of hydrogen-bond donors (Lipinski definition) is 0. The summed E-state index contributed by atoms with van der Waals surface area (Å²) in [5.41, 5.74) is 3.22.